The molecular weight excluding hydrogens is 674 g/mol. The summed E-state index contributed by atoms with van der Waals surface area (Å²) in [6, 6.07) is 30.4. The van der Waals surface area contributed by atoms with Gasteiger partial charge in [0.1, 0.15) is 12.3 Å². The van der Waals surface area contributed by atoms with E-state index in [0.29, 0.717) is 38.7 Å². The topological polar surface area (TPSA) is 126 Å². The molecule has 11 nitrogen and oxygen atoms in total. The average Bonchev–Trinajstić information content (AvgIpc) is 3.88. The van der Waals surface area contributed by atoms with Crippen molar-refractivity contribution in [3.8, 4) is 0 Å². The molecule has 0 saturated carbocycles. The van der Waals surface area contributed by atoms with Gasteiger partial charge in [0.25, 0.3) is 11.8 Å². The fourth-order valence-electron chi connectivity index (χ4n) is 7.81. The van der Waals surface area contributed by atoms with Crippen molar-refractivity contribution in [3.63, 3.8) is 0 Å². The Bertz CT molecular complexity index is 2530. The van der Waals surface area contributed by atoms with Crippen LogP contribution < -0.4 is 0 Å². The maximum atomic E-state index is 13.6. The fraction of sp³-hybridized carbons (Fsp3) is 0.167. The van der Waals surface area contributed by atoms with Crippen molar-refractivity contribution in [2.75, 3.05) is 6.54 Å². The van der Waals surface area contributed by atoms with E-state index in [1.165, 1.54) is 4.90 Å². The van der Waals surface area contributed by atoms with Gasteiger partial charge in [0.05, 0.1) is 46.0 Å². The van der Waals surface area contributed by atoms with E-state index in [0.717, 1.165) is 10.9 Å². The number of esters is 3. The standard InChI is InChI=1S/C42H31N3O8/c1-43-22-31(27-13-7-9-17-33(27)43)36-37(42(50)53-41(36)49)32-23-44(34-18-10-8-14-28(32)34)35-20-25(52-40(48)24-11-3-2-4-12-24)19-26(51-35)21-45-38(46)29-15-5-6-16-30(29)39(45)47/h2-18,22-23,25-26,35H,19-21H2,1H3/t25-,26-,35-/m0/s1. The fourth-order valence-corrected chi connectivity index (χ4v) is 7.81. The molecule has 6 aromatic rings. The van der Waals surface area contributed by atoms with Crippen LogP contribution in [0.5, 0.6) is 0 Å². The van der Waals surface area contributed by atoms with E-state index in [4.69, 9.17) is 14.2 Å². The van der Waals surface area contributed by atoms with E-state index in [2.05, 4.69) is 0 Å². The van der Waals surface area contributed by atoms with Crippen molar-refractivity contribution in [3.05, 3.63) is 143 Å². The summed E-state index contributed by atoms with van der Waals surface area (Å²) < 4.78 is 21.8. The second kappa shape index (κ2) is 12.6. The molecule has 5 heterocycles. The zero-order valence-electron chi connectivity index (χ0n) is 28.4. The van der Waals surface area contributed by atoms with Crippen molar-refractivity contribution in [2.45, 2.75) is 31.3 Å². The van der Waals surface area contributed by atoms with Crippen molar-refractivity contribution in [1.82, 2.24) is 14.0 Å². The highest BCUT2D eigenvalue weighted by Crippen LogP contribution is 2.42. The number of benzene rings is 4. The zero-order chi connectivity index (χ0) is 36.4. The number of ether oxygens (including phenoxy) is 3. The number of aryl methyl sites for hydroxylation is 1. The molecule has 9 rings (SSSR count). The van der Waals surface area contributed by atoms with Crippen LogP contribution in [0.1, 0.15) is 61.3 Å². The summed E-state index contributed by atoms with van der Waals surface area (Å²) >= 11 is 0. The van der Waals surface area contributed by atoms with Gasteiger partial charge >= 0.3 is 17.9 Å². The molecule has 11 heteroatoms. The number of carbonyl (C=O) groups excluding carboxylic acids is 5. The minimum absolute atomic E-state index is 0.0640. The minimum Gasteiger partial charge on any atom is -0.458 e. The Balaban J connectivity index is 1.12. The van der Waals surface area contributed by atoms with Crippen LogP contribution in [0.4, 0.5) is 0 Å². The molecule has 3 aliphatic heterocycles. The third kappa shape index (κ3) is 5.36. The van der Waals surface area contributed by atoms with Gasteiger partial charge in [-0.3, -0.25) is 14.5 Å². The average molecular weight is 706 g/mol. The van der Waals surface area contributed by atoms with Gasteiger partial charge in [-0.1, -0.05) is 66.7 Å². The lowest BCUT2D eigenvalue weighted by atomic mass is 9.95. The van der Waals surface area contributed by atoms with E-state index in [9.17, 15) is 24.0 Å². The third-order valence-electron chi connectivity index (χ3n) is 10.2. The molecule has 1 fully saturated rings. The summed E-state index contributed by atoms with van der Waals surface area (Å²) in [5.74, 6) is -2.84. The zero-order valence-corrected chi connectivity index (χ0v) is 28.4. The number of hydrogen-bond acceptors (Lipinski definition) is 8. The van der Waals surface area contributed by atoms with Crippen molar-refractivity contribution in [1.29, 1.82) is 0 Å². The predicted octanol–water partition coefficient (Wildman–Crippen LogP) is 6.33. The van der Waals surface area contributed by atoms with Crippen LogP contribution in [0.2, 0.25) is 0 Å². The summed E-state index contributed by atoms with van der Waals surface area (Å²) in [4.78, 5) is 68.2. The first-order valence-corrected chi connectivity index (χ1v) is 17.3. The molecule has 3 atom stereocenters. The van der Waals surface area contributed by atoms with E-state index < -0.39 is 48.2 Å². The number of carbonyl (C=O) groups is 5. The molecule has 0 spiro atoms. The molecule has 0 aliphatic carbocycles. The maximum absolute atomic E-state index is 13.6. The largest absolute Gasteiger partial charge is 0.458 e. The molecular formula is C42H31N3O8. The quantitative estimate of drug-likeness (QED) is 0.107. The van der Waals surface area contributed by atoms with Gasteiger partial charge in [-0.05, 0) is 36.4 Å². The van der Waals surface area contributed by atoms with Gasteiger partial charge in [-0.15, -0.1) is 0 Å². The molecule has 2 amide bonds. The van der Waals surface area contributed by atoms with Gasteiger partial charge < -0.3 is 23.3 Å². The number of fused-ring (bicyclic) bond motifs is 3. The molecule has 262 valence electrons. The predicted molar refractivity (Wildman–Crippen MR) is 193 cm³/mol. The van der Waals surface area contributed by atoms with Gasteiger partial charge in [-0.2, -0.15) is 0 Å². The number of imide groups is 1. The Morgan fingerprint density at radius 1 is 0.679 bits per heavy atom. The van der Waals surface area contributed by atoms with Crippen LogP contribution >= 0.6 is 0 Å². The van der Waals surface area contributed by atoms with Gasteiger partial charge in [0, 0.05) is 59.7 Å². The number of cyclic esters (lactones) is 2. The highest BCUT2D eigenvalue weighted by molar-refractivity contribution is 6.46. The molecule has 1 saturated heterocycles. The molecule has 0 radical (unpaired) electrons. The Hall–Kier alpha value is -6.59. The lowest BCUT2D eigenvalue weighted by molar-refractivity contribution is -0.149. The third-order valence-corrected chi connectivity index (χ3v) is 10.2. The molecule has 3 aliphatic rings. The van der Waals surface area contributed by atoms with Crippen LogP contribution in [0.25, 0.3) is 33.0 Å². The van der Waals surface area contributed by atoms with Crippen molar-refractivity contribution < 1.29 is 38.2 Å². The number of para-hydroxylation sites is 2. The molecule has 53 heavy (non-hydrogen) atoms. The van der Waals surface area contributed by atoms with E-state index in [-0.39, 0.29) is 30.5 Å². The monoisotopic (exact) mass is 705 g/mol. The number of aromatic nitrogens is 2. The Kier molecular flexibility index (Phi) is 7.67. The van der Waals surface area contributed by atoms with Crippen molar-refractivity contribution in [2.24, 2.45) is 7.05 Å². The summed E-state index contributed by atoms with van der Waals surface area (Å²) in [5, 5.41) is 1.48. The van der Waals surface area contributed by atoms with Crippen LogP contribution in [-0.2, 0) is 30.8 Å². The summed E-state index contributed by atoms with van der Waals surface area (Å²) in [6.45, 7) is -0.0640. The SMILES string of the molecule is Cn1cc(C2=C(c3cn([C@@H]4C[C@@H](OC(=O)c5ccccc5)C[C@@H](CN5C(=O)c6ccccc6C5=O)O4)c4ccccc34)C(=O)OC2=O)c2ccccc21. The van der Waals surface area contributed by atoms with Gasteiger partial charge in [-0.25, -0.2) is 14.4 Å². The number of nitrogens with zero attached hydrogens (tertiary/aromatic N) is 3. The highest BCUT2D eigenvalue weighted by Gasteiger charge is 2.42. The normalized spacial score (nSPS) is 20.1. The summed E-state index contributed by atoms with van der Waals surface area (Å²) in [7, 11) is 1.87. The van der Waals surface area contributed by atoms with Crippen molar-refractivity contribution >= 4 is 62.7 Å². The van der Waals surface area contributed by atoms with E-state index >= 15 is 0 Å². The molecule has 0 bridgehead atoms. The second-order valence-electron chi connectivity index (χ2n) is 13.4. The smallest absolute Gasteiger partial charge is 0.347 e. The number of hydrogen-bond donors (Lipinski definition) is 0. The van der Waals surface area contributed by atoms with Crippen LogP contribution in [0.15, 0.2) is 116 Å². The lowest BCUT2D eigenvalue weighted by Crippen LogP contribution is -2.44. The highest BCUT2D eigenvalue weighted by atomic mass is 16.6. The lowest BCUT2D eigenvalue weighted by Gasteiger charge is -2.37. The summed E-state index contributed by atoms with van der Waals surface area (Å²) in [6.07, 6.45) is 1.91. The molecule has 4 aromatic carbocycles. The van der Waals surface area contributed by atoms with E-state index in [1.807, 2.05) is 77.0 Å². The molecule has 0 unspecified atom stereocenters. The molecule has 2 aromatic heterocycles. The minimum atomic E-state index is -0.761. The maximum Gasteiger partial charge on any atom is 0.347 e. The van der Waals surface area contributed by atoms with Gasteiger partial charge in [0.15, 0.2) is 0 Å². The van der Waals surface area contributed by atoms with Crippen LogP contribution in [0, 0.1) is 0 Å². The van der Waals surface area contributed by atoms with Gasteiger partial charge in [0.2, 0.25) is 0 Å². The Morgan fingerprint density at radius 3 is 1.92 bits per heavy atom. The van der Waals surface area contributed by atoms with Crippen LogP contribution in [0.3, 0.4) is 0 Å². The number of amides is 2. The first-order valence-electron chi connectivity index (χ1n) is 17.3. The first kappa shape index (κ1) is 32.3. The second-order valence-corrected chi connectivity index (χ2v) is 13.4. The van der Waals surface area contributed by atoms with Crippen LogP contribution in [-0.4, -0.2) is 62.5 Å². The first-order chi connectivity index (χ1) is 25.8. The summed E-state index contributed by atoms with van der Waals surface area (Å²) in [5.41, 5.74) is 3.97. The molecule has 0 N–H and O–H groups in total. The number of rotatable bonds is 7. The Labute approximate surface area is 302 Å². The Morgan fingerprint density at radius 2 is 1.25 bits per heavy atom. The van der Waals surface area contributed by atoms with E-state index in [1.54, 1.807) is 54.7 Å².